The van der Waals surface area contributed by atoms with Gasteiger partial charge in [-0.25, -0.2) is 21.6 Å². The second-order valence-corrected chi connectivity index (χ2v) is 15.2. The molecule has 2 saturated heterocycles. The van der Waals surface area contributed by atoms with Gasteiger partial charge in [0.1, 0.15) is 23.1 Å². The van der Waals surface area contributed by atoms with Crippen LogP contribution in [-0.2, 0) is 36.1 Å². The number of nitrogens with zero attached hydrogens (tertiary/aromatic N) is 3. The van der Waals surface area contributed by atoms with Crippen LogP contribution in [-0.4, -0.2) is 86.4 Å². The molecule has 2 aliphatic rings. The van der Waals surface area contributed by atoms with Crippen LogP contribution in [0.1, 0.15) is 19.4 Å². The highest BCUT2D eigenvalue weighted by atomic mass is 35.5. The van der Waals surface area contributed by atoms with Crippen molar-refractivity contribution in [2.45, 2.75) is 49.5 Å². The number of halogens is 4. The average Bonchev–Trinajstić information content (AvgIpc) is 2.83. The molecular weight excluding hydrogens is 646 g/mol. The molecule has 0 saturated carbocycles. The van der Waals surface area contributed by atoms with E-state index in [4.69, 9.17) is 46.4 Å². The van der Waals surface area contributed by atoms with Crippen molar-refractivity contribution in [1.82, 2.24) is 18.8 Å². The zero-order valence-electron chi connectivity index (χ0n) is 21.5. The number of hydrogen-bond donors (Lipinski definition) is 1. The zero-order valence-corrected chi connectivity index (χ0v) is 26.2. The van der Waals surface area contributed by atoms with Gasteiger partial charge in [0, 0.05) is 24.0 Å². The van der Waals surface area contributed by atoms with Gasteiger partial charge in [-0.3, -0.25) is 9.59 Å². The third kappa shape index (κ3) is 6.24. The van der Waals surface area contributed by atoms with Gasteiger partial charge in [-0.1, -0.05) is 52.5 Å². The second-order valence-electron chi connectivity index (χ2n) is 9.87. The van der Waals surface area contributed by atoms with Gasteiger partial charge in [0.15, 0.2) is 0 Å². The molecule has 0 bridgehead atoms. The van der Waals surface area contributed by atoms with E-state index in [1.54, 1.807) is 32.0 Å². The van der Waals surface area contributed by atoms with Crippen molar-refractivity contribution in [3.8, 4) is 0 Å². The van der Waals surface area contributed by atoms with Gasteiger partial charge in [0.25, 0.3) is 0 Å². The van der Waals surface area contributed by atoms with Crippen molar-refractivity contribution in [2.75, 3.05) is 19.3 Å². The number of hydrogen-bond acceptors (Lipinski definition) is 6. The van der Waals surface area contributed by atoms with Gasteiger partial charge in [-0.15, -0.1) is 0 Å². The highest BCUT2D eigenvalue weighted by Gasteiger charge is 2.54. The number of amides is 2. The molecule has 0 radical (unpaired) electrons. The van der Waals surface area contributed by atoms with E-state index in [1.165, 1.54) is 23.1 Å². The van der Waals surface area contributed by atoms with E-state index >= 15 is 0 Å². The summed E-state index contributed by atoms with van der Waals surface area (Å²) in [6.45, 7) is 2.89. The first-order valence-corrected chi connectivity index (χ1v) is 16.9. The molecule has 2 amide bonds. The summed E-state index contributed by atoms with van der Waals surface area (Å²) < 4.78 is 55.7. The van der Waals surface area contributed by atoms with E-state index < -0.39 is 56.7 Å². The van der Waals surface area contributed by atoms with Gasteiger partial charge in [0.2, 0.25) is 31.9 Å². The minimum absolute atomic E-state index is 0.0254. The van der Waals surface area contributed by atoms with E-state index in [0.29, 0.717) is 10.6 Å². The molecule has 218 valence electrons. The molecule has 10 nitrogen and oxygen atoms in total. The lowest BCUT2D eigenvalue weighted by Gasteiger charge is -2.54. The lowest BCUT2D eigenvalue weighted by Crippen LogP contribution is -2.76. The van der Waals surface area contributed by atoms with Crippen LogP contribution >= 0.6 is 46.4 Å². The monoisotopic (exact) mass is 670 g/mol. The maximum Gasteiger partial charge on any atom is 0.246 e. The molecule has 16 heteroatoms. The van der Waals surface area contributed by atoms with E-state index in [0.717, 1.165) is 15.5 Å². The fraction of sp³-hybridized carbons (Fsp3) is 0.417. The number of carbonyl (C=O) groups excluding carboxylic acids is 2. The van der Waals surface area contributed by atoms with Crippen molar-refractivity contribution in [3.05, 3.63) is 62.1 Å². The number of benzene rings is 2. The van der Waals surface area contributed by atoms with Crippen LogP contribution in [0.15, 0.2) is 41.3 Å². The molecule has 3 unspecified atom stereocenters. The van der Waals surface area contributed by atoms with E-state index in [9.17, 15) is 26.4 Å². The lowest BCUT2D eigenvalue weighted by atomic mass is 9.96. The maximum absolute atomic E-state index is 14.0. The van der Waals surface area contributed by atoms with Crippen molar-refractivity contribution < 1.29 is 26.4 Å². The van der Waals surface area contributed by atoms with Crippen LogP contribution in [0.2, 0.25) is 20.1 Å². The summed E-state index contributed by atoms with van der Waals surface area (Å²) in [4.78, 5) is 29.9. The Balaban J connectivity index is 1.88. The van der Waals surface area contributed by atoms with E-state index in [1.807, 2.05) is 0 Å². The molecule has 3 atom stereocenters. The molecule has 2 heterocycles. The Hall–Kier alpha value is -1.64. The summed E-state index contributed by atoms with van der Waals surface area (Å²) in [5, 5.41) is 0.601. The Morgan fingerprint density at radius 3 is 2.15 bits per heavy atom. The molecule has 0 spiro atoms. The number of sulfonamides is 2. The summed E-state index contributed by atoms with van der Waals surface area (Å²) in [5.74, 6) is -1.15. The van der Waals surface area contributed by atoms with E-state index in [-0.39, 0.29) is 39.0 Å². The summed E-state index contributed by atoms with van der Waals surface area (Å²) >= 11 is 24.5. The molecule has 2 aromatic carbocycles. The average molecular weight is 672 g/mol. The summed E-state index contributed by atoms with van der Waals surface area (Å²) in [5.41, 5.74) is 0.568. The number of piperazine rings is 1. The van der Waals surface area contributed by atoms with Crippen LogP contribution in [0.3, 0.4) is 0 Å². The molecule has 40 heavy (non-hydrogen) atoms. The first-order chi connectivity index (χ1) is 18.5. The molecule has 0 aliphatic carbocycles. The molecule has 2 fully saturated rings. The fourth-order valence-corrected chi connectivity index (χ4v) is 8.26. The van der Waals surface area contributed by atoms with Gasteiger partial charge in [-0.05, 0) is 49.7 Å². The predicted molar refractivity (Wildman–Crippen MR) is 154 cm³/mol. The Morgan fingerprint density at radius 1 is 0.900 bits per heavy atom. The minimum Gasteiger partial charge on any atom is -0.335 e. The highest BCUT2D eigenvalue weighted by Crippen LogP contribution is 2.35. The quantitative estimate of drug-likeness (QED) is 0.482. The first kappa shape index (κ1) is 31.3. The van der Waals surface area contributed by atoms with Crippen LogP contribution in [0.5, 0.6) is 0 Å². The second kappa shape index (κ2) is 11.6. The smallest absolute Gasteiger partial charge is 0.246 e. The third-order valence-electron chi connectivity index (χ3n) is 6.71. The minimum atomic E-state index is -4.43. The van der Waals surface area contributed by atoms with Crippen LogP contribution in [0.4, 0.5) is 0 Å². The Morgan fingerprint density at radius 2 is 1.57 bits per heavy atom. The third-order valence-corrected chi connectivity index (χ3v) is 10.7. The fourth-order valence-electron chi connectivity index (χ4n) is 4.92. The Labute approximate surface area is 253 Å². The zero-order chi connectivity index (χ0) is 29.7. The molecule has 2 aliphatic heterocycles. The maximum atomic E-state index is 14.0. The molecule has 2 aromatic rings. The van der Waals surface area contributed by atoms with Crippen molar-refractivity contribution >= 4 is 78.3 Å². The topological polar surface area (TPSA) is 124 Å². The summed E-state index contributed by atoms with van der Waals surface area (Å²) in [7, 11) is -8.39. The number of fused-ring (bicyclic) bond motifs is 1. The summed E-state index contributed by atoms with van der Waals surface area (Å²) in [6.07, 6.45) is -0.326. The van der Waals surface area contributed by atoms with Crippen molar-refractivity contribution in [2.24, 2.45) is 0 Å². The SMILES string of the molecule is CC(C)N1CC2N(C(=O)C(NS(C)(=O)=O)CN2S(=O)(=O)c2ccc(Cl)cc2Cl)C(Cc2ccc(Cl)c(Cl)c2)C1=O. The first-order valence-electron chi connectivity index (χ1n) is 12.0. The normalized spacial score (nSPS) is 22.6. The van der Waals surface area contributed by atoms with Crippen LogP contribution in [0, 0.1) is 0 Å². The molecular formula is C24H26Cl4N4O6S2. The Bertz CT molecular complexity index is 1570. The standard InChI is InChI=1S/C24H26Cl4N4O6S2/c1-13(2)30-12-22-31(40(37,38)21-7-5-15(25)10-18(21)28)11-19(29-39(3,35)36)23(33)32(22)20(24(30)34)9-14-4-6-16(26)17(27)8-14/h4-8,10,13,19-20,22,29H,9,11-12H2,1-3H3. The highest BCUT2D eigenvalue weighted by molar-refractivity contribution is 7.89. The predicted octanol–water partition coefficient (Wildman–Crippen LogP) is 3.24. The lowest BCUT2D eigenvalue weighted by molar-refractivity contribution is -0.168. The van der Waals surface area contributed by atoms with Gasteiger partial charge >= 0.3 is 0 Å². The van der Waals surface area contributed by atoms with Crippen LogP contribution < -0.4 is 4.72 Å². The van der Waals surface area contributed by atoms with Gasteiger partial charge in [-0.2, -0.15) is 4.31 Å². The van der Waals surface area contributed by atoms with Gasteiger partial charge in [0.05, 0.1) is 27.9 Å². The van der Waals surface area contributed by atoms with Gasteiger partial charge < -0.3 is 9.80 Å². The number of rotatable bonds is 7. The van der Waals surface area contributed by atoms with Crippen molar-refractivity contribution in [1.29, 1.82) is 0 Å². The summed E-state index contributed by atoms with van der Waals surface area (Å²) in [6, 6.07) is 5.62. The largest absolute Gasteiger partial charge is 0.335 e. The van der Waals surface area contributed by atoms with E-state index in [2.05, 4.69) is 4.72 Å². The number of nitrogens with one attached hydrogen (secondary N) is 1. The molecule has 4 rings (SSSR count). The van der Waals surface area contributed by atoms with Crippen molar-refractivity contribution in [3.63, 3.8) is 0 Å². The Kier molecular flexibility index (Phi) is 9.05. The molecule has 0 aromatic heterocycles. The molecule has 1 N–H and O–H groups in total. The number of carbonyl (C=O) groups is 2. The van der Waals surface area contributed by atoms with Crippen LogP contribution in [0.25, 0.3) is 0 Å².